The van der Waals surface area contributed by atoms with Crippen LogP contribution in [0.4, 0.5) is 11.4 Å². The van der Waals surface area contributed by atoms with Crippen molar-refractivity contribution in [1.29, 1.82) is 0 Å². The number of amides is 1. The van der Waals surface area contributed by atoms with E-state index in [1.807, 2.05) is 18.2 Å². The van der Waals surface area contributed by atoms with Crippen LogP contribution in [0.5, 0.6) is 0 Å². The zero-order valence-electron chi connectivity index (χ0n) is 15.3. The Hall–Kier alpha value is -2.25. The lowest BCUT2D eigenvalue weighted by molar-refractivity contribution is 0.0747. The smallest absolute Gasteiger partial charge is 0.255 e. The number of halogens is 1. The zero-order valence-corrected chi connectivity index (χ0v) is 16.9. The Bertz CT molecular complexity index is 926. The summed E-state index contributed by atoms with van der Waals surface area (Å²) in [6.07, 6.45) is 1.12. The van der Waals surface area contributed by atoms with Crippen LogP contribution in [0.2, 0.25) is 5.02 Å². The SMILES string of the molecule is CN(c1ccc(Cl)c(C(=O)N2CCN(c3ccccc3)CC2)c1)S(C)(=O)=O. The minimum absolute atomic E-state index is 0.184. The van der Waals surface area contributed by atoms with Crippen molar-refractivity contribution in [2.75, 3.05) is 48.7 Å². The van der Waals surface area contributed by atoms with Gasteiger partial charge in [0.25, 0.3) is 5.91 Å². The number of benzene rings is 2. The third-order valence-electron chi connectivity index (χ3n) is 4.73. The molecule has 3 rings (SSSR count). The summed E-state index contributed by atoms with van der Waals surface area (Å²) in [6, 6.07) is 14.8. The number of rotatable bonds is 4. The molecule has 1 saturated heterocycles. The third-order valence-corrected chi connectivity index (χ3v) is 6.26. The van der Waals surface area contributed by atoms with Crippen LogP contribution in [-0.4, -0.2) is 58.7 Å². The molecule has 2 aromatic carbocycles. The molecule has 0 unspecified atom stereocenters. The fourth-order valence-corrected chi connectivity index (χ4v) is 3.74. The van der Waals surface area contributed by atoms with E-state index in [9.17, 15) is 13.2 Å². The third kappa shape index (κ3) is 4.36. The normalized spacial score (nSPS) is 14.9. The van der Waals surface area contributed by atoms with Crippen LogP contribution in [0.3, 0.4) is 0 Å². The number of piperazine rings is 1. The Balaban J connectivity index is 1.75. The number of hydrogen-bond donors (Lipinski definition) is 0. The van der Waals surface area contributed by atoms with Gasteiger partial charge in [0.15, 0.2) is 0 Å². The fourth-order valence-electron chi connectivity index (χ4n) is 3.04. The maximum absolute atomic E-state index is 12.9. The number of hydrogen-bond acceptors (Lipinski definition) is 4. The van der Waals surface area contributed by atoms with Gasteiger partial charge in [0.05, 0.1) is 22.5 Å². The largest absolute Gasteiger partial charge is 0.368 e. The van der Waals surface area contributed by atoms with Gasteiger partial charge < -0.3 is 9.80 Å². The van der Waals surface area contributed by atoms with Crippen LogP contribution in [0.15, 0.2) is 48.5 Å². The van der Waals surface area contributed by atoms with E-state index in [0.29, 0.717) is 29.4 Å². The molecule has 0 atom stereocenters. The van der Waals surface area contributed by atoms with Crippen molar-refractivity contribution in [3.63, 3.8) is 0 Å². The Morgan fingerprint density at radius 1 is 1.04 bits per heavy atom. The number of carbonyl (C=O) groups excluding carboxylic acids is 1. The first kappa shape index (κ1) is 19.5. The van der Waals surface area contributed by atoms with Gasteiger partial charge in [0.1, 0.15) is 0 Å². The van der Waals surface area contributed by atoms with Gasteiger partial charge in [-0.25, -0.2) is 8.42 Å². The lowest BCUT2D eigenvalue weighted by atomic mass is 10.1. The Morgan fingerprint density at radius 3 is 2.26 bits per heavy atom. The molecule has 1 aliphatic heterocycles. The van der Waals surface area contributed by atoms with E-state index in [2.05, 4.69) is 17.0 Å². The Labute approximate surface area is 165 Å². The summed E-state index contributed by atoms with van der Waals surface area (Å²) in [5.74, 6) is -0.184. The predicted octanol–water partition coefficient (Wildman–Crippen LogP) is 2.70. The first-order valence-corrected chi connectivity index (χ1v) is 10.8. The molecule has 8 heteroatoms. The first-order chi connectivity index (χ1) is 12.8. The van der Waals surface area contributed by atoms with E-state index < -0.39 is 10.0 Å². The summed E-state index contributed by atoms with van der Waals surface area (Å²) in [6.45, 7) is 2.62. The number of carbonyl (C=O) groups is 1. The van der Waals surface area contributed by atoms with Crippen LogP contribution >= 0.6 is 11.6 Å². The van der Waals surface area contributed by atoms with E-state index in [0.717, 1.165) is 29.3 Å². The van der Waals surface area contributed by atoms with Crippen LogP contribution < -0.4 is 9.21 Å². The van der Waals surface area contributed by atoms with Crippen molar-refractivity contribution in [1.82, 2.24) is 4.90 Å². The highest BCUT2D eigenvalue weighted by Gasteiger charge is 2.25. The predicted molar refractivity (Wildman–Crippen MR) is 109 cm³/mol. The van der Waals surface area contributed by atoms with Gasteiger partial charge in [-0.2, -0.15) is 0 Å². The van der Waals surface area contributed by atoms with Crippen molar-refractivity contribution in [3.05, 3.63) is 59.1 Å². The number of sulfonamides is 1. The lowest BCUT2D eigenvalue weighted by Crippen LogP contribution is -2.48. The summed E-state index contributed by atoms with van der Waals surface area (Å²) in [4.78, 5) is 16.9. The van der Waals surface area contributed by atoms with E-state index in [-0.39, 0.29) is 5.91 Å². The second-order valence-electron chi connectivity index (χ2n) is 6.51. The van der Waals surface area contributed by atoms with E-state index >= 15 is 0 Å². The molecule has 1 aliphatic rings. The molecule has 144 valence electrons. The van der Waals surface area contributed by atoms with Crippen molar-refractivity contribution in [2.45, 2.75) is 0 Å². The summed E-state index contributed by atoms with van der Waals surface area (Å²) in [7, 11) is -1.97. The average Bonchev–Trinajstić information content (AvgIpc) is 2.67. The molecule has 27 heavy (non-hydrogen) atoms. The highest BCUT2D eigenvalue weighted by molar-refractivity contribution is 7.92. The van der Waals surface area contributed by atoms with Gasteiger partial charge >= 0.3 is 0 Å². The maximum Gasteiger partial charge on any atom is 0.255 e. The number of para-hydroxylation sites is 1. The van der Waals surface area contributed by atoms with Crippen molar-refractivity contribution < 1.29 is 13.2 Å². The van der Waals surface area contributed by atoms with Crippen LogP contribution in [-0.2, 0) is 10.0 Å². The van der Waals surface area contributed by atoms with E-state index in [1.54, 1.807) is 17.0 Å². The van der Waals surface area contributed by atoms with Crippen LogP contribution in [0, 0.1) is 0 Å². The quantitative estimate of drug-likeness (QED) is 0.781. The molecule has 0 N–H and O–H groups in total. The molecule has 0 aromatic heterocycles. The van der Waals surface area contributed by atoms with Gasteiger partial charge in [-0.15, -0.1) is 0 Å². The molecule has 1 amide bonds. The average molecular weight is 408 g/mol. The molecular weight excluding hydrogens is 386 g/mol. The van der Waals surface area contributed by atoms with E-state index in [4.69, 9.17) is 11.6 Å². The monoisotopic (exact) mass is 407 g/mol. The summed E-state index contributed by atoms with van der Waals surface area (Å²) < 4.78 is 24.7. The molecular formula is C19H22ClN3O3S. The second kappa shape index (κ2) is 7.78. The molecule has 0 radical (unpaired) electrons. The molecule has 1 fully saturated rings. The van der Waals surface area contributed by atoms with Crippen LogP contribution in [0.25, 0.3) is 0 Å². The Morgan fingerprint density at radius 2 is 1.67 bits per heavy atom. The molecule has 1 heterocycles. The summed E-state index contributed by atoms with van der Waals surface area (Å²) in [5, 5.41) is 0.316. The topological polar surface area (TPSA) is 60.9 Å². The molecule has 0 bridgehead atoms. The van der Waals surface area contributed by atoms with Crippen molar-refractivity contribution in [3.8, 4) is 0 Å². The molecule has 0 saturated carbocycles. The fraction of sp³-hybridized carbons (Fsp3) is 0.316. The Kier molecular flexibility index (Phi) is 5.62. The van der Waals surface area contributed by atoms with Crippen molar-refractivity contribution in [2.24, 2.45) is 0 Å². The number of nitrogens with zero attached hydrogens (tertiary/aromatic N) is 3. The highest BCUT2D eigenvalue weighted by Crippen LogP contribution is 2.26. The molecule has 2 aromatic rings. The summed E-state index contributed by atoms with van der Waals surface area (Å²) >= 11 is 6.23. The standard InChI is InChI=1S/C19H22ClN3O3S/c1-21(27(2,25)26)16-8-9-18(20)17(14-16)19(24)23-12-10-22(11-13-23)15-6-4-3-5-7-15/h3-9,14H,10-13H2,1-2H3. The minimum atomic E-state index is -3.42. The lowest BCUT2D eigenvalue weighted by Gasteiger charge is -2.36. The van der Waals surface area contributed by atoms with Gasteiger partial charge in [-0.3, -0.25) is 9.10 Å². The van der Waals surface area contributed by atoms with Crippen molar-refractivity contribution >= 4 is 38.9 Å². The zero-order chi connectivity index (χ0) is 19.6. The second-order valence-corrected chi connectivity index (χ2v) is 8.93. The molecule has 6 nitrogen and oxygen atoms in total. The van der Waals surface area contributed by atoms with Gasteiger partial charge in [0.2, 0.25) is 10.0 Å². The molecule has 0 aliphatic carbocycles. The highest BCUT2D eigenvalue weighted by atomic mass is 35.5. The van der Waals surface area contributed by atoms with Crippen LogP contribution in [0.1, 0.15) is 10.4 Å². The van der Waals surface area contributed by atoms with Gasteiger partial charge in [-0.1, -0.05) is 29.8 Å². The minimum Gasteiger partial charge on any atom is -0.368 e. The van der Waals surface area contributed by atoms with Gasteiger partial charge in [-0.05, 0) is 30.3 Å². The first-order valence-electron chi connectivity index (χ1n) is 8.60. The summed E-state index contributed by atoms with van der Waals surface area (Å²) in [5.41, 5.74) is 1.87. The maximum atomic E-state index is 12.9. The van der Waals surface area contributed by atoms with E-state index in [1.165, 1.54) is 13.1 Å². The van der Waals surface area contributed by atoms with Gasteiger partial charge in [0, 0.05) is 38.9 Å². The molecule has 0 spiro atoms. The number of anilines is 2.